The summed E-state index contributed by atoms with van der Waals surface area (Å²) in [5.41, 5.74) is 8.71. The van der Waals surface area contributed by atoms with Crippen LogP contribution in [0.1, 0.15) is 11.1 Å². The Kier molecular flexibility index (Phi) is 5.07. The van der Waals surface area contributed by atoms with Crippen LogP contribution in [-0.4, -0.2) is 35.4 Å². The number of nitrogens with zero attached hydrogens (tertiary/aromatic N) is 4. The van der Waals surface area contributed by atoms with Gasteiger partial charge < -0.3 is 15.0 Å². The van der Waals surface area contributed by atoms with Gasteiger partial charge in [0.2, 0.25) is 0 Å². The molecule has 4 aromatic rings. The minimum Gasteiger partial charge on any atom is -0.389 e. The predicted molar refractivity (Wildman–Crippen MR) is 119 cm³/mol. The van der Waals surface area contributed by atoms with Gasteiger partial charge in [0, 0.05) is 17.2 Å². The van der Waals surface area contributed by atoms with Crippen molar-refractivity contribution in [3.05, 3.63) is 65.9 Å². The van der Waals surface area contributed by atoms with Crippen molar-refractivity contribution in [2.75, 3.05) is 5.75 Å². The number of carbonyl (C=O) groups is 1. The first-order valence-electron chi connectivity index (χ1n) is 10.0. The van der Waals surface area contributed by atoms with Crippen molar-refractivity contribution < 1.29 is 22.5 Å². The molecule has 1 aliphatic rings. The van der Waals surface area contributed by atoms with Crippen LogP contribution in [0.3, 0.4) is 0 Å². The highest BCUT2D eigenvalue weighted by molar-refractivity contribution is 7.91. The molecule has 0 saturated heterocycles. The highest BCUT2D eigenvalue weighted by atomic mass is 32.2. The van der Waals surface area contributed by atoms with E-state index in [9.17, 15) is 13.2 Å². The summed E-state index contributed by atoms with van der Waals surface area (Å²) in [6.45, 7) is 0. The quantitative estimate of drug-likeness (QED) is 0.469. The minimum absolute atomic E-state index is 0.0737. The first kappa shape index (κ1) is 21.3. The number of sulfone groups is 1. The molecule has 168 valence electrons. The van der Waals surface area contributed by atoms with Crippen LogP contribution in [0.25, 0.3) is 34.0 Å². The highest BCUT2D eigenvalue weighted by Gasteiger charge is 2.27. The van der Waals surface area contributed by atoms with Gasteiger partial charge in [-0.15, -0.1) is 0 Å². The van der Waals surface area contributed by atoms with Crippen LogP contribution in [0, 0.1) is 11.3 Å². The van der Waals surface area contributed by atoms with E-state index in [1.807, 2.05) is 6.07 Å². The zero-order chi connectivity index (χ0) is 23.9. The second-order valence-corrected chi connectivity index (χ2v) is 9.56. The number of rotatable bonds is 4. The second-order valence-electron chi connectivity index (χ2n) is 7.49. The predicted octanol–water partition coefficient (Wildman–Crippen LogP) is 3.12. The van der Waals surface area contributed by atoms with Gasteiger partial charge in [0.25, 0.3) is 5.88 Å². The number of nitriles is 1. The van der Waals surface area contributed by atoms with Crippen molar-refractivity contribution in [1.82, 2.24) is 15.1 Å². The van der Waals surface area contributed by atoms with E-state index < -0.39 is 15.9 Å². The van der Waals surface area contributed by atoms with E-state index in [2.05, 4.69) is 15.1 Å². The molecule has 0 radical (unpaired) electrons. The van der Waals surface area contributed by atoms with Gasteiger partial charge in [-0.1, -0.05) is 23.4 Å². The van der Waals surface area contributed by atoms with Crippen molar-refractivity contribution in [3.63, 3.8) is 0 Å². The third-order valence-corrected chi connectivity index (χ3v) is 7.13. The lowest BCUT2D eigenvalue weighted by Crippen LogP contribution is -2.17. The maximum Gasteiger partial charge on any atom is 0.411 e. The van der Waals surface area contributed by atoms with E-state index in [0.29, 0.717) is 45.0 Å². The second kappa shape index (κ2) is 8.09. The summed E-state index contributed by atoms with van der Waals surface area (Å²) < 4.78 is 34.7. The maximum absolute atomic E-state index is 12.1. The molecule has 1 amide bonds. The molecule has 1 aliphatic heterocycles. The van der Waals surface area contributed by atoms with Crippen LogP contribution in [0.4, 0.5) is 4.79 Å². The maximum atomic E-state index is 12.1. The Balaban J connectivity index is 1.56. The van der Waals surface area contributed by atoms with E-state index in [1.165, 1.54) is 6.20 Å². The lowest BCUT2D eigenvalue weighted by Gasteiger charge is -2.08. The zero-order valence-corrected chi connectivity index (χ0v) is 18.2. The molecule has 34 heavy (non-hydrogen) atoms. The first-order valence-corrected chi connectivity index (χ1v) is 11.7. The number of amides is 1. The molecule has 0 fully saturated rings. The van der Waals surface area contributed by atoms with Gasteiger partial charge in [-0.25, -0.2) is 23.2 Å². The normalized spacial score (nSPS) is 13.7. The largest absolute Gasteiger partial charge is 0.411 e. The lowest BCUT2D eigenvalue weighted by molar-refractivity contribution is 0.209. The standard InChI is InChI=1S/C23H15N5O5S/c24-11-13-1-3-14(4-2-13)17-10-19(33-28-17)21-22(32-23(25)29)26-12-18(27-21)15-5-6-20-16(9-15)7-8-34(20,30)31/h1-6,9-10,12H,7-8H2,(H2,25,29). The van der Waals surface area contributed by atoms with E-state index >= 15 is 0 Å². The van der Waals surface area contributed by atoms with Gasteiger partial charge in [0.1, 0.15) is 5.69 Å². The molecule has 11 heteroatoms. The van der Waals surface area contributed by atoms with E-state index in [-0.39, 0.29) is 23.1 Å². The fraction of sp³-hybridized carbons (Fsp3) is 0.0870. The Hall–Kier alpha value is -4.56. The molecule has 0 atom stereocenters. The number of ether oxygens (including phenoxy) is 1. The summed E-state index contributed by atoms with van der Waals surface area (Å²) in [6, 6.07) is 15.4. The van der Waals surface area contributed by atoms with Crippen LogP contribution in [0.15, 0.2) is 64.1 Å². The molecule has 0 unspecified atom stereocenters. The topological polar surface area (TPSA) is 162 Å². The van der Waals surface area contributed by atoms with Crippen molar-refractivity contribution in [2.24, 2.45) is 5.73 Å². The van der Waals surface area contributed by atoms with Gasteiger partial charge in [-0.2, -0.15) is 5.26 Å². The van der Waals surface area contributed by atoms with Crippen molar-refractivity contribution in [2.45, 2.75) is 11.3 Å². The molecule has 2 N–H and O–H groups in total. The van der Waals surface area contributed by atoms with Gasteiger partial charge in [-0.3, -0.25) is 0 Å². The van der Waals surface area contributed by atoms with E-state index in [0.717, 1.165) is 0 Å². The smallest absolute Gasteiger partial charge is 0.389 e. The molecular weight excluding hydrogens is 458 g/mol. The number of aromatic nitrogens is 3. The SMILES string of the molecule is N#Cc1ccc(-c2cc(-c3nc(-c4ccc5c(c4)CCS5(=O)=O)cnc3OC(N)=O)on2)cc1. The van der Waals surface area contributed by atoms with Crippen LogP contribution in [-0.2, 0) is 16.3 Å². The molecule has 5 rings (SSSR count). The average molecular weight is 473 g/mol. The fourth-order valence-electron chi connectivity index (χ4n) is 3.68. The van der Waals surface area contributed by atoms with Crippen LogP contribution in [0.5, 0.6) is 5.88 Å². The number of hydrogen-bond acceptors (Lipinski definition) is 9. The van der Waals surface area contributed by atoms with Gasteiger partial charge in [0.15, 0.2) is 21.3 Å². The number of hydrogen-bond donors (Lipinski definition) is 1. The monoisotopic (exact) mass is 473 g/mol. The van der Waals surface area contributed by atoms with Crippen LogP contribution in [0.2, 0.25) is 0 Å². The molecule has 0 saturated carbocycles. The Morgan fingerprint density at radius 2 is 1.85 bits per heavy atom. The van der Waals surface area contributed by atoms with Gasteiger partial charge >= 0.3 is 6.09 Å². The summed E-state index contributed by atoms with van der Waals surface area (Å²) in [5, 5.41) is 13.0. The Labute approximate surface area is 193 Å². The van der Waals surface area contributed by atoms with Gasteiger partial charge in [0.05, 0.1) is 34.2 Å². The molecule has 0 aliphatic carbocycles. The summed E-state index contributed by atoms with van der Waals surface area (Å²) in [7, 11) is -3.25. The molecule has 0 spiro atoms. The Morgan fingerprint density at radius 3 is 2.59 bits per heavy atom. The third kappa shape index (κ3) is 3.87. The van der Waals surface area contributed by atoms with E-state index in [1.54, 1.807) is 48.5 Å². The molecule has 0 bridgehead atoms. The number of aryl methyl sites for hydroxylation is 1. The molecular formula is C23H15N5O5S. The Bertz CT molecular complexity index is 1590. The van der Waals surface area contributed by atoms with Crippen LogP contribution < -0.4 is 10.5 Å². The molecule has 2 aromatic heterocycles. The number of nitrogens with two attached hydrogens (primary N) is 1. The molecule has 10 nitrogen and oxygen atoms in total. The number of benzene rings is 2. The molecule has 3 heterocycles. The minimum atomic E-state index is -3.25. The fourth-order valence-corrected chi connectivity index (χ4v) is 5.22. The summed E-state index contributed by atoms with van der Waals surface area (Å²) in [4.78, 5) is 20.4. The summed E-state index contributed by atoms with van der Waals surface area (Å²) in [5.74, 6) is 0.0841. The Morgan fingerprint density at radius 1 is 1.09 bits per heavy atom. The average Bonchev–Trinajstić information content (AvgIpc) is 3.44. The van der Waals surface area contributed by atoms with Crippen molar-refractivity contribution in [1.29, 1.82) is 5.26 Å². The summed E-state index contributed by atoms with van der Waals surface area (Å²) in [6.07, 6.45) is 0.744. The van der Waals surface area contributed by atoms with Crippen molar-refractivity contribution in [3.8, 4) is 45.9 Å². The third-order valence-electron chi connectivity index (χ3n) is 5.32. The number of fused-ring (bicyclic) bond motifs is 1. The lowest BCUT2D eigenvalue weighted by atomic mass is 10.1. The highest BCUT2D eigenvalue weighted by Crippen LogP contribution is 2.34. The van der Waals surface area contributed by atoms with Gasteiger partial charge in [-0.05, 0) is 36.2 Å². The number of primary amides is 1. The first-order chi connectivity index (χ1) is 16.3. The zero-order valence-electron chi connectivity index (χ0n) is 17.4. The van der Waals surface area contributed by atoms with Crippen molar-refractivity contribution >= 4 is 15.9 Å². The van der Waals surface area contributed by atoms with Crippen LogP contribution >= 0.6 is 0 Å². The van der Waals surface area contributed by atoms with E-state index in [4.69, 9.17) is 20.3 Å². The summed E-state index contributed by atoms with van der Waals surface area (Å²) >= 11 is 0. The number of carbonyl (C=O) groups excluding carboxylic acids is 1. The molecule has 2 aromatic carbocycles.